The van der Waals surface area contributed by atoms with E-state index in [9.17, 15) is 18.0 Å². The van der Waals surface area contributed by atoms with Gasteiger partial charge in [-0.2, -0.15) is 0 Å². The Balaban J connectivity index is 1.96. The fraction of sp³-hybridized carbons (Fsp3) is 0.310. The second-order valence-corrected chi connectivity index (χ2v) is 10.5. The van der Waals surface area contributed by atoms with Gasteiger partial charge in [0.2, 0.25) is 11.8 Å². The van der Waals surface area contributed by atoms with Crippen LogP contribution in [0.3, 0.4) is 0 Å². The molecule has 202 valence electrons. The molecule has 0 unspecified atom stereocenters. The molecule has 0 aliphatic rings. The topological polar surface area (TPSA) is 96.0 Å². The Morgan fingerprint density at radius 2 is 1.50 bits per heavy atom. The lowest BCUT2D eigenvalue weighted by molar-refractivity contribution is -0.139. The summed E-state index contributed by atoms with van der Waals surface area (Å²) in [4.78, 5) is 28.0. The molecular formula is C29H35N3O5S. The van der Waals surface area contributed by atoms with Gasteiger partial charge in [0.1, 0.15) is 18.3 Å². The van der Waals surface area contributed by atoms with Gasteiger partial charge in [0.15, 0.2) is 0 Å². The van der Waals surface area contributed by atoms with Gasteiger partial charge >= 0.3 is 0 Å². The van der Waals surface area contributed by atoms with Crippen LogP contribution in [0.4, 0.5) is 5.69 Å². The molecule has 0 aliphatic heterocycles. The minimum atomic E-state index is -4.11. The third kappa shape index (κ3) is 7.13. The highest BCUT2D eigenvalue weighted by Crippen LogP contribution is 2.25. The van der Waals surface area contributed by atoms with Crippen molar-refractivity contribution in [2.45, 2.75) is 37.6 Å². The smallest absolute Gasteiger partial charge is 0.264 e. The summed E-state index contributed by atoms with van der Waals surface area (Å²) in [7, 11) is -2.58. The zero-order valence-corrected chi connectivity index (χ0v) is 22.9. The molecule has 0 heterocycles. The maximum atomic E-state index is 13.8. The molecule has 0 radical (unpaired) electrons. The molecule has 8 nitrogen and oxygen atoms in total. The first-order chi connectivity index (χ1) is 18.3. The fourth-order valence-corrected chi connectivity index (χ4v) is 5.60. The molecule has 0 saturated carbocycles. The molecule has 3 aromatic carbocycles. The Morgan fingerprint density at radius 1 is 0.895 bits per heavy atom. The first-order valence-corrected chi connectivity index (χ1v) is 14.1. The van der Waals surface area contributed by atoms with Crippen molar-refractivity contribution < 1.29 is 22.7 Å². The maximum absolute atomic E-state index is 13.8. The number of anilines is 1. The number of ether oxygens (including phenoxy) is 1. The van der Waals surface area contributed by atoms with E-state index in [1.54, 1.807) is 42.5 Å². The molecule has 0 aromatic heterocycles. The van der Waals surface area contributed by atoms with Crippen LogP contribution in [0.25, 0.3) is 0 Å². The summed E-state index contributed by atoms with van der Waals surface area (Å²) in [5.41, 5.74) is 1.37. The van der Waals surface area contributed by atoms with Crippen LogP contribution in [0.5, 0.6) is 5.75 Å². The third-order valence-electron chi connectivity index (χ3n) is 6.16. The first-order valence-electron chi connectivity index (χ1n) is 12.7. The molecule has 0 aliphatic carbocycles. The predicted molar refractivity (Wildman–Crippen MR) is 149 cm³/mol. The van der Waals surface area contributed by atoms with Crippen molar-refractivity contribution >= 4 is 27.5 Å². The molecule has 1 N–H and O–H groups in total. The molecule has 0 fully saturated rings. The Bertz CT molecular complexity index is 1280. The fourth-order valence-electron chi connectivity index (χ4n) is 4.19. The van der Waals surface area contributed by atoms with Gasteiger partial charge in [-0.3, -0.25) is 13.9 Å². The van der Waals surface area contributed by atoms with Crippen molar-refractivity contribution in [2.75, 3.05) is 31.0 Å². The van der Waals surface area contributed by atoms with E-state index in [1.807, 2.05) is 44.2 Å². The number of nitrogens with zero attached hydrogens (tertiary/aromatic N) is 2. The van der Waals surface area contributed by atoms with Crippen LogP contribution in [-0.2, 0) is 26.0 Å². The number of carbonyl (C=O) groups is 2. The number of hydrogen-bond acceptors (Lipinski definition) is 5. The van der Waals surface area contributed by atoms with Crippen molar-refractivity contribution in [3.05, 3.63) is 90.5 Å². The molecule has 3 rings (SSSR count). The summed E-state index contributed by atoms with van der Waals surface area (Å²) in [5, 5.41) is 2.63. The predicted octanol–water partition coefficient (Wildman–Crippen LogP) is 3.88. The summed E-state index contributed by atoms with van der Waals surface area (Å²) in [6, 6.07) is 23.5. The lowest BCUT2D eigenvalue weighted by Crippen LogP contribution is -2.52. The molecule has 1 atom stereocenters. The number of benzene rings is 3. The highest BCUT2D eigenvalue weighted by molar-refractivity contribution is 7.92. The summed E-state index contributed by atoms with van der Waals surface area (Å²) in [6.45, 7) is 3.94. The SMILES string of the molecule is CCOc1ccc(S(=O)(=O)N(CC(=O)N(CCc2ccccc2)[C@H](CC)C(=O)NC)c2ccccc2)cc1. The van der Waals surface area contributed by atoms with Crippen LogP contribution >= 0.6 is 0 Å². The van der Waals surface area contributed by atoms with Crippen molar-refractivity contribution in [1.29, 1.82) is 0 Å². The molecule has 38 heavy (non-hydrogen) atoms. The molecule has 9 heteroatoms. The largest absolute Gasteiger partial charge is 0.494 e. The lowest BCUT2D eigenvalue weighted by Gasteiger charge is -2.33. The zero-order valence-electron chi connectivity index (χ0n) is 22.0. The number of nitrogens with one attached hydrogen (secondary N) is 1. The third-order valence-corrected chi connectivity index (χ3v) is 7.95. The van der Waals surface area contributed by atoms with Crippen LogP contribution < -0.4 is 14.4 Å². The van der Waals surface area contributed by atoms with E-state index in [2.05, 4.69) is 5.32 Å². The van der Waals surface area contributed by atoms with Gasteiger partial charge in [-0.1, -0.05) is 55.5 Å². The summed E-state index contributed by atoms with van der Waals surface area (Å²) >= 11 is 0. The van der Waals surface area contributed by atoms with Gasteiger partial charge in [-0.25, -0.2) is 8.42 Å². The van der Waals surface area contributed by atoms with Crippen molar-refractivity contribution in [2.24, 2.45) is 0 Å². The number of rotatable bonds is 13. The van der Waals surface area contributed by atoms with Gasteiger partial charge in [0.25, 0.3) is 10.0 Å². The molecule has 0 saturated heterocycles. The van der Waals surface area contributed by atoms with Gasteiger partial charge in [-0.15, -0.1) is 0 Å². The summed E-state index contributed by atoms with van der Waals surface area (Å²) in [6.07, 6.45) is 0.911. The minimum absolute atomic E-state index is 0.0341. The number of likely N-dealkylation sites (N-methyl/N-ethyl adjacent to an activating group) is 1. The Kier molecular flexibility index (Phi) is 10.3. The zero-order chi connectivity index (χ0) is 27.5. The van der Waals surface area contributed by atoms with E-state index in [-0.39, 0.29) is 17.3 Å². The normalized spacial score (nSPS) is 11.9. The Hall–Kier alpha value is -3.85. The van der Waals surface area contributed by atoms with Gasteiger partial charge in [0, 0.05) is 13.6 Å². The molecule has 2 amide bonds. The van der Waals surface area contributed by atoms with Crippen LogP contribution in [0.1, 0.15) is 25.8 Å². The van der Waals surface area contributed by atoms with Gasteiger partial charge in [0.05, 0.1) is 17.2 Å². The van der Waals surface area contributed by atoms with E-state index in [0.29, 0.717) is 30.9 Å². The van der Waals surface area contributed by atoms with Crippen molar-refractivity contribution in [3.8, 4) is 5.75 Å². The second-order valence-electron chi connectivity index (χ2n) is 8.61. The van der Waals surface area contributed by atoms with Crippen LogP contribution in [0, 0.1) is 0 Å². The first kappa shape index (κ1) is 28.7. The number of carbonyl (C=O) groups excluding carboxylic acids is 2. The maximum Gasteiger partial charge on any atom is 0.264 e. The van der Waals surface area contributed by atoms with Crippen LogP contribution in [0.2, 0.25) is 0 Å². The average molecular weight is 538 g/mol. The Labute approximate surface area is 225 Å². The van der Waals surface area contributed by atoms with E-state index in [0.717, 1.165) is 9.87 Å². The van der Waals surface area contributed by atoms with E-state index in [4.69, 9.17) is 4.74 Å². The second kappa shape index (κ2) is 13.6. The van der Waals surface area contributed by atoms with Gasteiger partial charge in [-0.05, 0) is 61.7 Å². The molecule has 3 aromatic rings. The Morgan fingerprint density at radius 3 is 2.05 bits per heavy atom. The van der Waals surface area contributed by atoms with E-state index >= 15 is 0 Å². The van der Waals surface area contributed by atoms with Crippen molar-refractivity contribution in [3.63, 3.8) is 0 Å². The summed E-state index contributed by atoms with van der Waals surface area (Å²) < 4.78 is 34.1. The van der Waals surface area contributed by atoms with Crippen LogP contribution in [-0.4, -0.2) is 57.9 Å². The molecule has 0 bridgehead atoms. The van der Waals surface area contributed by atoms with Crippen molar-refractivity contribution in [1.82, 2.24) is 10.2 Å². The molecular weight excluding hydrogens is 502 g/mol. The molecule has 0 spiro atoms. The standard InChI is InChI=1S/C29H35N3O5S/c1-4-27(29(34)30-3)31(21-20-23-12-8-6-9-13-23)28(33)22-32(24-14-10-7-11-15-24)38(35,36)26-18-16-25(17-19-26)37-5-2/h6-19,27H,4-5,20-22H2,1-3H3,(H,30,34)/t27-/m1/s1. The summed E-state index contributed by atoms with van der Waals surface area (Å²) in [5.74, 6) is -0.207. The number of amides is 2. The monoisotopic (exact) mass is 537 g/mol. The quantitative estimate of drug-likeness (QED) is 0.357. The lowest BCUT2D eigenvalue weighted by atomic mass is 10.1. The van der Waals surface area contributed by atoms with E-state index < -0.39 is 28.5 Å². The van der Waals surface area contributed by atoms with E-state index in [1.165, 1.54) is 24.1 Å². The number of hydrogen-bond donors (Lipinski definition) is 1. The highest BCUT2D eigenvalue weighted by atomic mass is 32.2. The average Bonchev–Trinajstić information content (AvgIpc) is 2.95. The van der Waals surface area contributed by atoms with Crippen LogP contribution in [0.15, 0.2) is 89.8 Å². The number of sulfonamides is 1. The number of para-hydroxylation sites is 1. The highest BCUT2D eigenvalue weighted by Gasteiger charge is 2.33. The minimum Gasteiger partial charge on any atom is -0.494 e. The van der Waals surface area contributed by atoms with Gasteiger partial charge < -0.3 is 15.0 Å².